The molecule has 5 heteroatoms. The number of alkyl halides is 1. The summed E-state index contributed by atoms with van der Waals surface area (Å²) in [4.78, 5) is 0. The predicted octanol–water partition coefficient (Wildman–Crippen LogP) is 3.11. The molecule has 0 atom stereocenters. The molecular weight excluding hydrogens is 233 g/mol. The van der Waals surface area contributed by atoms with Crippen molar-refractivity contribution in [2.24, 2.45) is 0 Å². The van der Waals surface area contributed by atoms with Crippen LogP contribution in [-0.2, 0) is 10.3 Å². The monoisotopic (exact) mass is 259 g/mol. The molecule has 0 aliphatic rings. The highest BCUT2D eigenvalue weighted by Gasteiger charge is 2.20. The van der Waals surface area contributed by atoms with E-state index in [0.29, 0.717) is 6.42 Å². The van der Waals surface area contributed by atoms with Gasteiger partial charge in [0.05, 0.1) is 17.9 Å². The quantitative estimate of drug-likeness (QED) is 0.737. The highest BCUT2D eigenvalue weighted by atomic mass is 19.1. The molecule has 106 valence electrons. The SMILES string of the molecule is CCCF.CCOCCC(C)(C)n1cc(C)nn1. The van der Waals surface area contributed by atoms with E-state index in [-0.39, 0.29) is 12.2 Å². The first-order valence-corrected chi connectivity index (χ1v) is 6.51. The standard InChI is InChI=1S/C10H19N3O.C3H7F/c1-5-14-7-6-10(3,4)13-8-9(2)11-12-13;1-2-3-4/h8H,5-7H2,1-4H3;2-3H2,1H3. The molecule has 0 saturated heterocycles. The number of hydrogen-bond donors (Lipinski definition) is 0. The van der Waals surface area contributed by atoms with Crippen LogP contribution in [0.4, 0.5) is 4.39 Å². The van der Waals surface area contributed by atoms with Crippen molar-refractivity contribution in [3.8, 4) is 0 Å². The van der Waals surface area contributed by atoms with Gasteiger partial charge in [-0.15, -0.1) is 5.10 Å². The Kier molecular flexibility index (Phi) is 8.54. The number of halogens is 1. The van der Waals surface area contributed by atoms with Crippen LogP contribution >= 0.6 is 0 Å². The van der Waals surface area contributed by atoms with Gasteiger partial charge in [-0.2, -0.15) is 0 Å². The van der Waals surface area contributed by atoms with Crippen molar-refractivity contribution in [3.05, 3.63) is 11.9 Å². The third-order valence-corrected chi connectivity index (χ3v) is 2.48. The molecule has 1 aromatic rings. The Morgan fingerprint density at radius 2 is 2.00 bits per heavy atom. The molecule has 18 heavy (non-hydrogen) atoms. The highest BCUT2D eigenvalue weighted by molar-refractivity contribution is 4.91. The lowest BCUT2D eigenvalue weighted by atomic mass is 10.0. The number of hydrogen-bond acceptors (Lipinski definition) is 3. The predicted molar refractivity (Wildman–Crippen MR) is 71.5 cm³/mol. The van der Waals surface area contributed by atoms with Crippen molar-refractivity contribution in [1.29, 1.82) is 0 Å². The first kappa shape index (κ1) is 17.0. The normalized spacial score (nSPS) is 11.0. The van der Waals surface area contributed by atoms with E-state index in [1.54, 1.807) is 6.92 Å². The molecule has 0 saturated carbocycles. The van der Waals surface area contributed by atoms with Gasteiger partial charge in [-0.25, -0.2) is 4.68 Å². The summed E-state index contributed by atoms with van der Waals surface area (Å²) in [6.45, 7) is 11.4. The Balaban J connectivity index is 0.000000631. The highest BCUT2D eigenvalue weighted by Crippen LogP contribution is 2.18. The third-order valence-electron chi connectivity index (χ3n) is 2.48. The van der Waals surface area contributed by atoms with Gasteiger partial charge < -0.3 is 4.74 Å². The Bertz CT molecular complexity index is 311. The van der Waals surface area contributed by atoms with Crippen molar-refractivity contribution in [2.45, 2.75) is 53.0 Å². The van der Waals surface area contributed by atoms with Crippen LogP contribution in [0.3, 0.4) is 0 Å². The van der Waals surface area contributed by atoms with Gasteiger partial charge in [-0.1, -0.05) is 12.1 Å². The van der Waals surface area contributed by atoms with Crippen LogP contribution in [0.1, 0.15) is 46.2 Å². The maximum absolute atomic E-state index is 10.7. The first-order valence-electron chi connectivity index (χ1n) is 6.51. The van der Waals surface area contributed by atoms with Gasteiger partial charge in [0.1, 0.15) is 0 Å². The smallest absolute Gasteiger partial charge is 0.0891 e. The molecule has 0 aliphatic heterocycles. The number of aromatic nitrogens is 3. The van der Waals surface area contributed by atoms with Gasteiger partial charge >= 0.3 is 0 Å². The molecule has 0 fully saturated rings. The van der Waals surface area contributed by atoms with E-state index in [9.17, 15) is 4.39 Å². The summed E-state index contributed by atoms with van der Waals surface area (Å²) in [6, 6.07) is 0. The summed E-state index contributed by atoms with van der Waals surface area (Å²) >= 11 is 0. The van der Waals surface area contributed by atoms with Crippen LogP contribution < -0.4 is 0 Å². The average Bonchev–Trinajstić information content (AvgIpc) is 2.77. The number of aryl methyl sites for hydroxylation is 1. The minimum Gasteiger partial charge on any atom is -0.382 e. The van der Waals surface area contributed by atoms with Crippen LogP contribution in [-0.4, -0.2) is 34.9 Å². The largest absolute Gasteiger partial charge is 0.382 e. The van der Waals surface area contributed by atoms with Gasteiger partial charge in [-0.05, 0) is 40.5 Å². The second kappa shape index (κ2) is 9.03. The van der Waals surface area contributed by atoms with Gasteiger partial charge in [0, 0.05) is 19.4 Å². The van der Waals surface area contributed by atoms with Crippen molar-refractivity contribution < 1.29 is 9.13 Å². The Morgan fingerprint density at radius 1 is 1.39 bits per heavy atom. The average molecular weight is 259 g/mol. The zero-order chi connectivity index (χ0) is 14.0. The van der Waals surface area contributed by atoms with Crippen molar-refractivity contribution in [3.63, 3.8) is 0 Å². The summed E-state index contributed by atoms with van der Waals surface area (Å²) < 4.78 is 18.0. The van der Waals surface area contributed by atoms with E-state index in [0.717, 1.165) is 25.3 Å². The number of rotatable bonds is 6. The fourth-order valence-corrected chi connectivity index (χ4v) is 1.22. The van der Waals surface area contributed by atoms with E-state index in [2.05, 4.69) is 24.2 Å². The summed E-state index contributed by atoms with van der Waals surface area (Å²) in [5.74, 6) is 0. The fraction of sp³-hybridized carbons (Fsp3) is 0.846. The van der Waals surface area contributed by atoms with Crippen LogP contribution in [0.5, 0.6) is 0 Å². The van der Waals surface area contributed by atoms with Crippen LogP contribution in [0.2, 0.25) is 0 Å². The van der Waals surface area contributed by atoms with Crippen molar-refractivity contribution in [1.82, 2.24) is 15.0 Å². The minimum atomic E-state index is -0.181. The topological polar surface area (TPSA) is 39.9 Å². The second-order valence-electron chi connectivity index (χ2n) is 4.75. The summed E-state index contributed by atoms with van der Waals surface area (Å²) in [5.41, 5.74) is 0.936. The first-order chi connectivity index (χ1) is 8.47. The van der Waals surface area contributed by atoms with Gasteiger partial charge in [0.25, 0.3) is 0 Å². The summed E-state index contributed by atoms with van der Waals surface area (Å²) in [6.07, 6.45) is 3.57. The van der Waals surface area contributed by atoms with Gasteiger partial charge in [-0.3, -0.25) is 4.39 Å². The van der Waals surface area contributed by atoms with E-state index in [4.69, 9.17) is 4.74 Å². The Morgan fingerprint density at radius 3 is 2.39 bits per heavy atom. The van der Waals surface area contributed by atoms with Crippen LogP contribution in [0.25, 0.3) is 0 Å². The van der Waals surface area contributed by atoms with E-state index >= 15 is 0 Å². The van der Waals surface area contributed by atoms with E-state index in [1.807, 2.05) is 24.7 Å². The molecule has 1 rings (SSSR count). The van der Waals surface area contributed by atoms with Crippen LogP contribution in [0.15, 0.2) is 6.20 Å². The van der Waals surface area contributed by atoms with Crippen molar-refractivity contribution >= 4 is 0 Å². The molecule has 1 aromatic heterocycles. The minimum absolute atomic E-state index is 0.0174. The van der Waals surface area contributed by atoms with Crippen LogP contribution in [0, 0.1) is 6.92 Å². The maximum atomic E-state index is 10.7. The summed E-state index contributed by atoms with van der Waals surface area (Å²) in [5, 5.41) is 8.06. The molecular formula is C13H26FN3O. The molecule has 0 aromatic carbocycles. The van der Waals surface area contributed by atoms with E-state index < -0.39 is 0 Å². The van der Waals surface area contributed by atoms with Crippen molar-refractivity contribution in [2.75, 3.05) is 19.9 Å². The number of nitrogens with zero attached hydrogens (tertiary/aromatic N) is 3. The molecule has 0 unspecified atom stereocenters. The summed E-state index contributed by atoms with van der Waals surface area (Å²) in [7, 11) is 0. The maximum Gasteiger partial charge on any atom is 0.0891 e. The lowest BCUT2D eigenvalue weighted by Gasteiger charge is -2.24. The van der Waals surface area contributed by atoms with E-state index in [1.165, 1.54) is 0 Å². The molecule has 0 amide bonds. The van der Waals surface area contributed by atoms with Gasteiger partial charge in [0.2, 0.25) is 0 Å². The lowest BCUT2D eigenvalue weighted by Crippen LogP contribution is -2.28. The molecule has 4 nitrogen and oxygen atoms in total. The molecule has 1 heterocycles. The Hall–Kier alpha value is -0.970. The third kappa shape index (κ3) is 6.69. The van der Waals surface area contributed by atoms with Gasteiger partial charge in [0.15, 0.2) is 0 Å². The second-order valence-corrected chi connectivity index (χ2v) is 4.75. The molecule has 0 N–H and O–H groups in total. The fourth-order valence-electron chi connectivity index (χ4n) is 1.22. The molecule has 0 aliphatic carbocycles. The molecule has 0 spiro atoms. The zero-order valence-corrected chi connectivity index (χ0v) is 12.2. The Labute approximate surface area is 110 Å². The molecule has 0 bridgehead atoms. The lowest BCUT2D eigenvalue weighted by molar-refractivity contribution is 0.112. The molecule has 0 radical (unpaired) electrons. The zero-order valence-electron chi connectivity index (χ0n) is 12.2. The number of ether oxygens (including phenoxy) is 1.